The minimum atomic E-state index is -0.485. The molecule has 7 heteroatoms. The van der Waals surface area contributed by atoms with E-state index in [2.05, 4.69) is 31.0 Å². The van der Waals surface area contributed by atoms with Crippen molar-refractivity contribution in [1.82, 2.24) is 4.98 Å². The lowest BCUT2D eigenvalue weighted by Crippen LogP contribution is -1.98. The molecule has 2 rings (SSSR count). The van der Waals surface area contributed by atoms with E-state index in [1.165, 1.54) is 7.11 Å². The standard InChI is InChI=1S/C12H10BrClN2O2S/c1-6-3-4-7(13)5-8(6)15-12-16-10(14)9(19-12)11(17)18-2/h3-5H,1-2H3,(H,15,16). The number of anilines is 2. The molecule has 0 aliphatic heterocycles. The maximum atomic E-state index is 11.4. The molecule has 0 atom stereocenters. The van der Waals surface area contributed by atoms with Crippen molar-refractivity contribution >= 4 is 55.7 Å². The van der Waals surface area contributed by atoms with Crippen LogP contribution in [0.4, 0.5) is 10.8 Å². The molecule has 1 N–H and O–H groups in total. The fourth-order valence-corrected chi connectivity index (χ4v) is 2.89. The Hall–Kier alpha value is -1.11. The molecule has 100 valence electrons. The third-order valence-corrected chi connectivity index (χ3v) is 4.23. The van der Waals surface area contributed by atoms with Crippen molar-refractivity contribution in [3.05, 3.63) is 38.3 Å². The predicted octanol–water partition coefficient (Wildman–Crippen LogP) is 4.40. The largest absolute Gasteiger partial charge is 0.465 e. The summed E-state index contributed by atoms with van der Waals surface area (Å²) in [6.45, 7) is 1.98. The van der Waals surface area contributed by atoms with E-state index >= 15 is 0 Å². The summed E-state index contributed by atoms with van der Waals surface area (Å²) in [6, 6.07) is 5.86. The molecule has 1 aromatic carbocycles. The predicted molar refractivity (Wildman–Crippen MR) is 80.6 cm³/mol. The Balaban J connectivity index is 2.29. The fraction of sp³-hybridized carbons (Fsp3) is 0.167. The van der Waals surface area contributed by atoms with E-state index in [0.29, 0.717) is 10.0 Å². The summed E-state index contributed by atoms with van der Waals surface area (Å²) in [5, 5.41) is 3.83. The summed E-state index contributed by atoms with van der Waals surface area (Å²) < 4.78 is 5.59. The lowest BCUT2D eigenvalue weighted by atomic mass is 10.2. The Kier molecular flexibility index (Phi) is 4.44. The number of nitrogens with zero attached hydrogens (tertiary/aromatic N) is 1. The first-order chi connectivity index (χ1) is 9.01. The first kappa shape index (κ1) is 14.3. The molecule has 0 saturated carbocycles. The highest BCUT2D eigenvalue weighted by molar-refractivity contribution is 9.10. The number of benzene rings is 1. The molecule has 0 aliphatic rings. The zero-order valence-corrected chi connectivity index (χ0v) is 13.3. The van der Waals surface area contributed by atoms with Gasteiger partial charge in [-0.3, -0.25) is 0 Å². The molecule has 0 saturated heterocycles. The number of esters is 1. The molecule has 1 heterocycles. The lowest BCUT2D eigenvalue weighted by Gasteiger charge is -2.06. The third-order valence-electron chi connectivity index (χ3n) is 2.40. The second kappa shape index (κ2) is 5.90. The van der Waals surface area contributed by atoms with Crippen LogP contribution in [0.2, 0.25) is 5.15 Å². The van der Waals surface area contributed by atoms with Crippen LogP contribution in [0.25, 0.3) is 0 Å². The molecule has 0 amide bonds. The molecule has 1 aromatic heterocycles. The van der Waals surface area contributed by atoms with Gasteiger partial charge >= 0.3 is 5.97 Å². The molecule has 0 spiro atoms. The number of ether oxygens (including phenoxy) is 1. The molecule has 0 unspecified atom stereocenters. The van der Waals surface area contributed by atoms with E-state index in [1.54, 1.807) is 0 Å². The van der Waals surface area contributed by atoms with Gasteiger partial charge in [0.2, 0.25) is 0 Å². The van der Waals surface area contributed by atoms with Crippen LogP contribution in [0.3, 0.4) is 0 Å². The Labute approximate surface area is 127 Å². The number of carbonyl (C=O) groups excluding carboxylic acids is 1. The van der Waals surface area contributed by atoms with Gasteiger partial charge in [-0.2, -0.15) is 0 Å². The number of nitrogens with one attached hydrogen (secondary N) is 1. The van der Waals surface area contributed by atoms with Crippen LogP contribution in [0.5, 0.6) is 0 Å². The highest BCUT2D eigenvalue weighted by Crippen LogP contribution is 2.31. The van der Waals surface area contributed by atoms with Crippen molar-refractivity contribution in [2.24, 2.45) is 0 Å². The summed E-state index contributed by atoms with van der Waals surface area (Å²) in [5.74, 6) is -0.485. The van der Waals surface area contributed by atoms with Crippen molar-refractivity contribution in [2.75, 3.05) is 12.4 Å². The topological polar surface area (TPSA) is 51.2 Å². The third kappa shape index (κ3) is 3.26. The number of aromatic nitrogens is 1. The number of thiazole rings is 1. The summed E-state index contributed by atoms with van der Waals surface area (Å²) in [4.78, 5) is 15.8. The number of methoxy groups -OCH3 is 1. The number of aryl methyl sites for hydroxylation is 1. The van der Waals surface area contributed by atoms with Gasteiger partial charge in [-0.25, -0.2) is 9.78 Å². The highest BCUT2D eigenvalue weighted by Gasteiger charge is 2.17. The quantitative estimate of drug-likeness (QED) is 0.823. The minimum Gasteiger partial charge on any atom is -0.465 e. The van der Waals surface area contributed by atoms with E-state index < -0.39 is 5.97 Å². The van der Waals surface area contributed by atoms with Crippen LogP contribution in [0.15, 0.2) is 22.7 Å². The number of carbonyl (C=O) groups is 1. The molecule has 0 radical (unpaired) electrons. The minimum absolute atomic E-state index is 0.145. The van der Waals surface area contributed by atoms with E-state index in [4.69, 9.17) is 11.6 Å². The summed E-state index contributed by atoms with van der Waals surface area (Å²) in [6.07, 6.45) is 0. The van der Waals surface area contributed by atoms with Crippen molar-refractivity contribution in [3.63, 3.8) is 0 Å². The Morgan fingerprint density at radius 2 is 2.26 bits per heavy atom. The van der Waals surface area contributed by atoms with Gasteiger partial charge in [0.05, 0.1) is 7.11 Å². The Bertz CT molecular complexity index is 630. The van der Waals surface area contributed by atoms with Gasteiger partial charge in [0, 0.05) is 10.2 Å². The van der Waals surface area contributed by atoms with Gasteiger partial charge in [-0.05, 0) is 24.6 Å². The van der Waals surface area contributed by atoms with Gasteiger partial charge in [-0.15, -0.1) is 0 Å². The number of rotatable bonds is 3. The number of hydrogen-bond donors (Lipinski definition) is 1. The van der Waals surface area contributed by atoms with Crippen LogP contribution >= 0.6 is 38.9 Å². The van der Waals surface area contributed by atoms with Crippen LogP contribution in [0.1, 0.15) is 15.2 Å². The SMILES string of the molecule is COC(=O)c1sc(Nc2cc(Br)ccc2C)nc1Cl. The summed E-state index contributed by atoms with van der Waals surface area (Å²) in [5.41, 5.74) is 1.96. The van der Waals surface area contributed by atoms with Gasteiger partial charge < -0.3 is 10.1 Å². The van der Waals surface area contributed by atoms with Crippen molar-refractivity contribution in [2.45, 2.75) is 6.92 Å². The monoisotopic (exact) mass is 360 g/mol. The fourth-order valence-electron chi connectivity index (χ4n) is 1.42. The van der Waals surface area contributed by atoms with Crippen LogP contribution in [0, 0.1) is 6.92 Å². The van der Waals surface area contributed by atoms with Gasteiger partial charge in [-0.1, -0.05) is 44.9 Å². The molecular formula is C12H10BrClN2O2S. The summed E-state index contributed by atoms with van der Waals surface area (Å²) in [7, 11) is 1.31. The van der Waals surface area contributed by atoms with Gasteiger partial charge in [0.25, 0.3) is 0 Å². The zero-order chi connectivity index (χ0) is 14.0. The molecular weight excluding hydrogens is 352 g/mol. The van der Waals surface area contributed by atoms with Gasteiger partial charge in [0.1, 0.15) is 0 Å². The Morgan fingerprint density at radius 3 is 2.95 bits per heavy atom. The normalized spacial score (nSPS) is 10.3. The first-order valence-corrected chi connectivity index (χ1v) is 7.28. The second-order valence-corrected chi connectivity index (χ2v) is 5.99. The number of halogens is 2. The smallest absolute Gasteiger partial charge is 0.351 e. The van der Waals surface area contributed by atoms with E-state index in [-0.39, 0.29) is 5.15 Å². The van der Waals surface area contributed by atoms with Gasteiger partial charge in [0.15, 0.2) is 15.2 Å². The average Bonchev–Trinajstić information content (AvgIpc) is 2.74. The Morgan fingerprint density at radius 1 is 1.53 bits per heavy atom. The van der Waals surface area contributed by atoms with Crippen LogP contribution in [-0.2, 0) is 4.74 Å². The van der Waals surface area contributed by atoms with Crippen molar-refractivity contribution in [3.8, 4) is 0 Å². The van der Waals surface area contributed by atoms with Crippen LogP contribution in [-0.4, -0.2) is 18.1 Å². The molecule has 0 aliphatic carbocycles. The van der Waals surface area contributed by atoms with Crippen molar-refractivity contribution < 1.29 is 9.53 Å². The molecule has 2 aromatic rings. The molecule has 0 fully saturated rings. The van der Waals surface area contributed by atoms with E-state index in [1.807, 2.05) is 25.1 Å². The molecule has 0 bridgehead atoms. The van der Waals surface area contributed by atoms with E-state index in [9.17, 15) is 4.79 Å². The van der Waals surface area contributed by atoms with Crippen LogP contribution < -0.4 is 5.32 Å². The molecule has 19 heavy (non-hydrogen) atoms. The van der Waals surface area contributed by atoms with Crippen molar-refractivity contribution in [1.29, 1.82) is 0 Å². The maximum Gasteiger partial charge on any atom is 0.351 e. The highest BCUT2D eigenvalue weighted by atomic mass is 79.9. The maximum absolute atomic E-state index is 11.4. The zero-order valence-electron chi connectivity index (χ0n) is 10.2. The number of hydrogen-bond acceptors (Lipinski definition) is 5. The lowest BCUT2D eigenvalue weighted by molar-refractivity contribution is 0.0606. The first-order valence-electron chi connectivity index (χ1n) is 5.29. The van der Waals surface area contributed by atoms with E-state index in [0.717, 1.165) is 27.1 Å². The average molecular weight is 362 g/mol. The summed E-state index contributed by atoms with van der Waals surface area (Å²) >= 11 is 10.5. The second-order valence-electron chi connectivity index (χ2n) is 3.71. The molecule has 4 nitrogen and oxygen atoms in total.